The molecule has 0 atom stereocenters. The number of hydrogen-bond donors (Lipinski definition) is 2. The second-order valence-corrected chi connectivity index (χ2v) is 9.35. The molecule has 2 amide bonds. The Kier molecular flexibility index (Phi) is 5.29. The largest absolute Gasteiger partial charge is 0.367 e. The van der Waals surface area contributed by atoms with E-state index < -0.39 is 0 Å². The highest BCUT2D eigenvalue weighted by atomic mass is 16.2. The minimum Gasteiger partial charge on any atom is -0.367 e. The van der Waals surface area contributed by atoms with Crippen molar-refractivity contribution in [1.29, 1.82) is 5.26 Å². The highest BCUT2D eigenvalue weighted by Gasteiger charge is 2.29. The summed E-state index contributed by atoms with van der Waals surface area (Å²) in [5, 5.41) is 20.0. The zero-order valence-electron chi connectivity index (χ0n) is 19.9. The second-order valence-electron chi connectivity index (χ2n) is 9.35. The van der Waals surface area contributed by atoms with Gasteiger partial charge in [0.2, 0.25) is 5.91 Å². The van der Waals surface area contributed by atoms with Gasteiger partial charge in [-0.15, -0.1) is 0 Å². The van der Waals surface area contributed by atoms with E-state index in [2.05, 4.69) is 36.6 Å². The predicted octanol–water partition coefficient (Wildman–Crippen LogP) is 1.64. The van der Waals surface area contributed by atoms with Crippen molar-refractivity contribution in [1.82, 2.24) is 24.9 Å². The van der Waals surface area contributed by atoms with Crippen molar-refractivity contribution in [2.24, 2.45) is 0 Å². The molecule has 0 aromatic carbocycles. The Morgan fingerprint density at radius 3 is 2.58 bits per heavy atom. The third kappa shape index (κ3) is 3.90. The first-order valence-corrected chi connectivity index (χ1v) is 12.1. The minimum absolute atomic E-state index is 0.0578. The number of amides is 2. The van der Waals surface area contributed by atoms with E-state index in [9.17, 15) is 14.9 Å². The predicted molar refractivity (Wildman–Crippen MR) is 133 cm³/mol. The van der Waals surface area contributed by atoms with Gasteiger partial charge in [0.25, 0.3) is 5.91 Å². The van der Waals surface area contributed by atoms with Crippen LogP contribution in [-0.2, 0) is 9.59 Å². The van der Waals surface area contributed by atoms with Crippen LogP contribution in [0.1, 0.15) is 36.0 Å². The van der Waals surface area contributed by atoms with Gasteiger partial charge in [-0.25, -0.2) is 9.97 Å². The van der Waals surface area contributed by atoms with Crippen LogP contribution in [0.2, 0.25) is 0 Å². The van der Waals surface area contributed by atoms with Crippen molar-refractivity contribution in [3.05, 3.63) is 46.8 Å². The molecular weight excluding hydrogens is 458 g/mol. The molecule has 36 heavy (non-hydrogen) atoms. The van der Waals surface area contributed by atoms with Crippen molar-refractivity contribution in [3.63, 3.8) is 0 Å². The lowest BCUT2D eigenvalue weighted by Gasteiger charge is -2.37. The summed E-state index contributed by atoms with van der Waals surface area (Å²) < 4.78 is 1.79. The molecule has 3 aromatic rings. The maximum Gasteiger partial charge on any atom is 0.254 e. The molecule has 0 unspecified atom stereocenters. The molecule has 2 aliphatic heterocycles. The Hall–Kier alpha value is -4.46. The zero-order chi connectivity index (χ0) is 24.8. The van der Waals surface area contributed by atoms with Gasteiger partial charge < -0.3 is 15.1 Å². The third-order valence-corrected chi connectivity index (χ3v) is 6.81. The number of fused-ring (bicyclic) bond motifs is 1. The number of piperazine rings is 1. The zero-order valence-corrected chi connectivity index (χ0v) is 19.9. The number of nitriles is 1. The van der Waals surface area contributed by atoms with Gasteiger partial charge in [-0.3, -0.25) is 14.9 Å². The van der Waals surface area contributed by atoms with Crippen LogP contribution < -0.4 is 20.4 Å². The highest BCUT2D eigenvalue weighted by molar-refractivity contribution is 6.15. The Morgan fingerprint density at radius 1 is 1.17 bits per heavy atom. The van der Waals surface area contributed by atoms with Gasteiger partial charge in [-0.05, 0) is 38.0 Å². The first kappa shape index (κ1) is 22.0. The third-order valence-electron chi connectivity index (χ3n) is 6.81. The van der Waals surface area contributed by atoms with Crippen molar-refractivity contribution < 1.29 is 9.59 Å². The standard InChI is InChI=1S/C25H25N9O2/c1-15-21(32-7-9-33(10-8-32)23-16(13-26)3-2-6-27-23)31-24-18(11-17-12-20(35)30-25(17)36)14-28-34(24)22(15)29-19-4-5-19/h2-3,6,11,14,19,29H,4-5,7-10,12H2,1H3,(H,30,35,36)/b17-11+. The molecule has 11 heteroatoms. The summed E-state index contributed by atoms with van der Waals surface area (Å²) >= 11 is 0. The summed E-state index contributed by atoms with van der Waals surface area (Å²) in [6.45, 7) is 4.91. The number of aromatic nitrogens is 4. The van der Waals surface area contributed by atoms with E-state index in [0.717, 1.165) is 43.1 Å². The Morgan fingerprint density at radius 2 is 1.92 bits per heavy atom. The molecule has 182 valence electrons. The van der Waals surface area contributed by atoms with Crippen LogP contribution in [0, 0.1) is 18.3 Å². The van der Waals surface area contributed by atoms with Crippen molar-refractivity contribution in [2.45, 2.75) is 32.2 Å². The number of imide groups is 1. The number of anilines is 3. The number of nitrogens with zero attached hydrogens (tertiary/aromatic N) is 7. The van der Waals surface area contributed by atoms with Crippen LogP contribution in [0.3, 0.4) is 0 Å². The van der Waals surface area contributed by atoms with Gasteiger partial charge in [-0.1, -0.05) is 0 Å². The van der Waals surface area contributed by atoms with Crippen LogP contribution in [0.25, 0.3) is 11.7 Å². The maximum atomic E-state index is 12.1. The quantitative estimate of drug-likeness (QED) is 0.411. The van der Waals surface area contributed by atoms with Gasteiger partial charge in [0, 0.05) is 55.1 Å². The number of hydrogen-bond acceptors (Lipinski definition) is 9. The Bertz CT molecular complexity index is 1460. The Labute approximate surface area is 207 Å². The van der Waals surface area contributed by atoms with Crippen molar-refractivity contribution in [2.75, 3.05) is 41.3 Å². The van der Waals surface area contributed by atoms with Gasteiger partial charge in [-0.2, -0.15) is 14.9 Å². The SMILES string of the molecule is Cc1c(N2CCN(c3ncccc3C#N)CC2)nc2c(/C=C3\CC(=O)NC3=O)cnn2c1NC1CC1. The van der Waals surface area contributed by atoms with Crippen LogP contribution in [0.5, 0.6) is 0 Å². The first-order chi connectivity index (χ1) is 17.5. The maximum absolute atomic E-state index is 12.1. The van der Waals surface area contributed by atoms with E-state index in [4.69, 9.17) is 4.98 Å². The molecule has 3 fully saturated rings. The fourth-order valence-electron chi connectivity index (χ4n) is 4.75. The number of nitrogens with one attached hydrogen (secondary N) is 2. The average Bonchev–Trinajstić information content (AvgIpc) is 3.54. The number of carbonyl (C=O) groups is 2. The van der Waals surface area contributed by atoms with Crippen LogP contribution in [-0.4, -0.2) is 63.6 Å². The van der Waals surface area contributed by atoms with Gasteiger partial charge in [0.05, 0.1) is 18.2 Å². The summed E-state index contributed by atoms with van der Waals surface area (Å²) in [6, 6.07) is 6.21. The molecule has 2 N–H and O–H groups in total. The normalized spacial score (nSPS) is 19.2. The van der Waals surface area contributed by atoms with E-state index >= 15 is 0 Å². The summed E-state index contributed by atoms with van der Waals surface area (Å²) in [7, 11) is 0. The van der Waals surface area contributed by atoms with Crippen LogP contribution in [0.4, 0.5) is 17.5 Å². The summed E-state index contributed by atoms with van der Waals surface area (Å²) in [6.07, 6.45) is 7.40. The molecule has 5 heterocycles. The molecule has 2 saturated heterocycles. The van der Waals surface area contributed by atoms with Gasteiger partial charge >= 0.3 is 0 Å². The topological polar surface area (TPSA) is 132 Å². The molecule has 0 radical (unpaired) electrons. The Balaban J connectivity index is 1.35. The summed E-state index contributed by atoms with van der Waals surface area (Å²) in [4.78, 5) is 37.6. The van der Waals surface area contributed by atoms with E-state index in [1.54, 1.807) is 35.1 Å². The first-order valence-electron chi connectivity index (χ1n) is 12.1. The van der Waals surface area contributed by atoms with Crippen molar-refractivity contribution >= 4 is 41.0 Å². The fraction of sp³-hybridized carbons (Fsp3) is 0.360. The molecule has 6 rings (SSSR count). The van der Waals surface area contributed by atoms with Crippen molar-refractivity contribution in [3.8, 4) is 6.07 Å². The van der Waals surface area contributed by atoms with Crippen LogP contribution >= 0.6 is 0 Å². The second kappa shape index (κ2) is 8.64. The lowest BCUT2D eigenvalue weighted by Crippen LogP contribution is -2.47. The molecular formula is C25H25N9O2. The summed E-state index contributed by atoms with van der Waals surface area (Å²) in [5.74, 6) is 1.80. The van der Waals surface area contributed by atoms with Crippen LogP contribution in [0.15, 0.2) is 30.1 Å². The lowest BCUT2D eigenvalue weighted by molar-refractivity contribution is -0.124. The van der Waals surface area contributed by atoms with E-state index in [1.165, 1.54) is 0 Å². The minimum atomic E-state index is -0.370. The lowest BCUT2D eigenvalue weighted by atomic mass is 10.1. The monoisotopic (exact) mass is 483 g/mol. The number of carbonyl (C=O) groups excluding carboxylic acids is 2. The molecule has 0 bridgehead atoms. The van der Waals surface area contributed by atoms with E-state index in [-0.39, 0.29) is 18.2 Å². The summed E-state index contributed by atoms with van der Waals surface area (Å²) in [5.41, 5.74) is 3.32. The van der Waals surface area contributed by atoms with E-state index in [0.29, 0.717) is 47.3 Å². The average molecular weight is 484 g/mol. The van der Waals surface area contributed by atoms with Gasteiger partial charge in [0.1, 0.15) is 23.5 Å². The molecule has 11 nitrogen and oxygen atoms in total. The fourth-order valence-corrected chi connectivity index (χ4v) is 4.75. The molecule has 1 aliphatic carbocycles. The number of rotatable bonds is 5. The molecule has 1 saturated carbocycles. The van der Waals surface area contributed by atoms with Gasteiger partial charge in [0.15, 0.2) is 5.65 Å². The smallest absolute Gasteiger partial charge is 0.254 e. The van der Waals surface area contributed by atoms with E-state index in [1.807, 2.05) is 6.92 Å². The molecule has 0 spiro atoms. The molecule has 3 aliphatic rings. The highest BCUT2D eigenvalue weighted by Crippen LogP contribution is 2.33. The number of pyridine rings is 1. The molecule has 3 aromatic heterocycles.